The summed E-state index contributed by atoms with van der Waals surface area (Å²) in [5.74, 6) is -0.295. The molecule has 1 unspecified atom stereocenters. The summed E-state index contributed by atoms with van der Waals surface area (Å²) in [5.41, 5.74) is 3.05. The molecule has 1 saturated heterocycles. The lowest BCUT2D eigenvalue weighted by Gasteiger charge is -2.34. The third kappa shape index (κ3) is 4.59. The van der Waals surface area contributed by atoms with Gasteiger partial charge in [-0.3, -0.25) is 4.79 Å². The van der Waals surface area contributed by atoms with Crippen LogP contribution < -0.4 is 15.5 Å². The van der Waals surface area contributed by atoms with Crippen LogP contribution in [0, 0.1) is 5.82 Å². The van der Waals surface area contributed by atoms with Crippen LogP contribution in [0.3, 0.4) is 0 Å². The van der Waals surface area contributed by atoms with Crippen molar-refractivity contribution in [1.29, 1.82) is 0 Å². The lowest BCUT2D eigenvalue weighted by atomic mass is 10.1. The Morgan fingerprint density at radius 2 is 1.96 bits per heavy atom. The monoisotopic (exact) mass is 357 g/mol. The third-order valence-corrected chi connectivity index (χ3v) is 4.55. The summed E-state index contributed by atoms with van der Waals surface area (Å²) < 4.78 is 18.3. The first-order valence-electron chi connectivity index (χ1n) is 8.74. The number of carbonyl (C=O) groups is 1. The van der Waals surface area contributed by atoms with E-state index in [9.17, 15) is 9.18 Å². The van der Waals surface area contributed by atoms with Gasteiger partial charge in [0.2, 0.25) is 5.91 Å². The van der Waals surface area contributed by atoms with E-state index < -0.39 is 0 Å². The molecule has 1 aliphatic heterocycles. The van der Waals surface area contributed by atoms with Crippen molar-refractivity contribution in [3.05, 3.63) is 65.5 Å². The number of rotatable bonds is 6. The number of benzene rings is 2. The fraction of sp³-hybridized carbons (Fsp3) is 0.350. The van der Waals surface area contributed by atoms with Crippen LogP contribution in [0.2, 0.25) is 0 Å². The molecule has 0 aromatic heterocycles. The summed E-state index contributed by atoms with van der Waals surface area (Å²) >= 11 is 0. The van der Waals surface area contributed by atoms with E-state index in [1.807, 2.05) is 24.3 Å². The minimum atomic E-state index is -0.302. The molecule has 6 heteroatoms. The second-order valence-corrected chi connectivity index (χ2v) is 6.35. The molecule has 2 aromatic carbocycles. The van der Waals surface area contributed by atoms with Crippen molar-refractivity contribution in [3.8, 4) is 0 Å². The van der Waals surface area contributed by atoms with E-state index in [0.717, 1.165) is 23.4 Å². The van der Waals surface area contributed by atoms with Crippen molar-refractivity contribution >= 4 is 11.6 Å². The lowest BCUT2D eigenvalue weighted by Crippen LogP contribution is -2.57. The summed E-state index contributed by atoms with van der Waals surface area (Å²) in [6.45, 7) is 3.03. The summed E-state index contributed by atoms with van der Waals surface area (Å²) in [5, 5.41) is 6.26. The first-order chi connectivity index (χ1) is 12.7. The molecule has 1 heterocycles. The van der Waals surface area contributed by atoms with Gasteiger partial charge in [0.15, 0.2) is 0 Å². The van der Waals surface area contributed by atoms with Crippen LogP contribution in [0.25, 0.3) is 0 Å². The molecular weight excluding hydrogens is 333 g/mol. The minimum Gasteiger partial charge on any atom is -0.380 e. The van der Waals surface area contributed by atoms with E-state index in [4.69, 9.17) is 4.74 Å². The fourth-order valence-electron chi connectivity index (χ4n) is 3.14. The smallest absolute Gasteiger partial charge is 0.239 e. The number of ether oxygens (including phenoxy) is 1. The first kappa shape index (κ1) is 18.4. The number of nitrogens with one attached hydrogen (secondary N) is 2. The summed E-state index contributed by atoms with van der Waals surface area (Å²) in [7, 11) is 1.66. The maximum atomic E-state index is 13.1. The molecular formula is C20H24FN3O2. The molecule has 1 amide bonds. The predicted octanol–water partition coefficient (Wildman–Crippen LogP) is 2.07. The average Bonchev–Trinajstić information content (AvgIpc) is 2.68. The van der Waals surface area contributed by atoms with Crippen LogP contribution in [-0.2, 0) is 22.7 Å². The molecule has 1 fully saturated rings. The van der Waals surface area contributed by atoms with Crippen molar-refractivity contribution in [2.75, 3.05) is 31.6 Å². The highest BCUT2D eigenvalue weighted by atomic mass is 19.1. The van der Waals surface area contributed by atoms with Crippen LogP contribution >= 0.6 is 0 Å². The summed E-state index contributed by atoms with van der Waals surface area (Å²) in [4.78, 5) is 14.7. The van der Waals surface area contributed by atoms with Gasteiger partial charge in [0.25, 0.3) is 0 Å². The molecule has 0 radical (unpaired) electrons. The third-order valence-electron chi connectivity index (χ3n) is 4.55. The van der Waals surface area contributed by atoms with E-state index in [2.05, 4.69) is 15.5 Å². The maximum absolute atomic E-state index is 13.1. The topological polar surface area (TPSA) is 53.6 Å². The highest BCUT2D eigenvalue weighted by Gasteiger charge is 2.25. The summed E-state index contributed by atoms with van der Waals surface area (Å²) in [6, 6.07) is 14.0. The second kappa shape index (κ2) is 8.78. The van der Waals surface area contributed by atoms with Crippen LogP contribution in [0.1, 0.15) is 11.1 Å². The predicted molar refractivity (Wildman–Crippen MR) is 99.4 cm³/mol. The Hall–Kier alpha value is -2.44. The van der Waals surface area contributed by atoms with Crippen molar-refractivity contribution in [1.82, 2.24) is 10.6 Å². The largest absolute Gasteiger partial charge is 0.380 e. The molecule has 2 N–H and O–H groups in total. The molecule has 26 heavy (non-hydrogen) atoms. The van der Waals surface area contributed by atoms with E-state index in [0.29, 0.717) is 26.2 Å². The Bertz CT molecular complexity index is 736. The number of hydrogen-bond acceptors (Lipinski definition) is 4. The Kier molecular flexibility index (Phi) is 6.20. The van der Waals surface area contributed by atoms with Crippen LogP contribution in [0.15, 0.2) is 48.5 Å². The van der Waals surface area contributed by atoms with Gasteiger partial charge in [-0.1, -0.05) is 24.3 Å². The average molecular weight is 357 g/mol. The van der Waals surface area contributed by atoms with Gasteiger partial charge in [0.05, 0.1) is 6.61 Å². The zero-order chi connectivity index (χ0) is 18.4. The van der Waals surface area contributed by atoms with Gasteiger partial charge >= 0.3 is 0 Å². The SMILES string of the molecule is COCc1ccccc1CNC(=O)C1CN(c2ccc(F)cc2)CCN1. The van der Waals surface area contributed by atoms with Crippen LogP contribution in [0.4, 0.5) is 10.1 Å². The standard InChI is InChI=1S/C20H24FN3O2/c1-26-14-16-5-3-2-4-15(16)12-23-20(25)19-13-24(11-10-22-19)18-8-6-17(21)7-9-18/h2-9,19,22H,10-14H2,1H3,(H,23,25). The minimum absolute atomic E-state index is 0.0379. The van der Waals surface area contributed by atoms with E-state index in [1.54, 1.807) is 19.2 Å². The Balaban J connectivity index is 1.58. The number of amides is 1. The molecule has 0 spiro atoms. The Labute approximate surface area is 153 Å². The van der Waals surface area contributed by atoms with Gasteiger partial charge in [-0.15, -0.1) is 0 Å². The lowest BCUT2D eigenvalue weighted by molar-refractivity contribution is -0.123. The highest BCUT2D eigenvalue weighted by Crippen LogP contribution is 2.17. The number of hydrogen-bond donors (Lipinski definition) is 2. The molecule has 1 atom stereocenters. The molecule has 3 rings (SSSR count). The van der Waals surface area contributed by atoms with Crippen LogP contribution in [-0.4, -0.2) is 38.7 Å². The molecule has 5 nitrogen and oxygen atoms in total. The van der Waals surface area contributed by atoms with Crippen molar-refractivity contribution in [3.63, 3.8) is 0 Å². The Morgan fingerprint density at radius 1 is 1.23 bits per heavy atom. The van der Waals surface area contributed by atoms with Crippen molar-refractivity contribution < 1.29 is 13.9 Å². The molecule has 2 aromatic rings. The van der Waals surface area contributed by atoms with Gasteiger partial charge in [-0.25, -0.2) is 4.39 Å². The number of anilines is 1. The highest BCUT2D eigenvalue weighted by molar-refractivity contribution is 5.82. The van der Waals surface area contributed by atoms with Gasteiger partial charge in [-0.05, 0) is 35.4 Å². The normalized spacial score (nSPS) is 17.2. The number of halogens is 1. The van der Waals surface area contributed by atoms with Gasteiger partial charge in [0, 0.05) is 39.0 Å². The van der Waals surface area contributed by atoms with Crippen molar-refractivity contribution in [2.45, 2.75) is 19.2 Å². The molecule has 0 saturated carbocycles. The molecule has 0 bridgehead atoms. The van der Waals surface area contributed by atoms with E-state index in [1.165, 1.54) is 12.1 Å². The Morgan fingerprint density at radius 3 is 2.69 bits per heavy atom. The zero-order valence-corrected chi connectivity index (χ0v) is 14.9. The van der Waals surface area contributed by atoms with Crippen molar-refractivity contribution in [2.24, 2.45) is 0 Å². The van der Waals surface area contributed by atoms with Crippen LogP contribution in [0.5, 0.6) is 0 Å². The van der Waals surface area contributed by atoms with Gasteiger partial charge < -0.3 is 20.3 Å². The fourth-order valence-corrected chi connectivity index (χ4v) is 3.14. The quantitative estimate of drug-likeness (QED) is 0.831. The number of nitrogens with zero attached hydrogens (tertiary/aromatic N) is 1. The molecule has 1 aliphatic rings. The second-order valence-electron chi connectivity index (χ2n) is 6.35. The van der Waals surface area contributed by atoms with Gasteiger partial charge in [0.1, 0.15) is 11.9 Å². The van der Waals surface area contributed by atoms with Gasteiger partial charge in [-0.2, -0.15) is 0 Å². The number of methoxy groups -OCH3 is 1. The molecule has 138 valence electrons. The zero-order valence-electron chi connectivity index (χ0n) is 14.9. The van der Waals surface area contributed by atoms with E-state index >= 15 is 0 Å². The maximum Gasteiger partial charge on any atom is 0.239 e. The first-order valence-corrected chi connectivity index (χ1v) is 8.74. The molecule has 0 aliphatic carbocycles. The number of carbonyl (C=O) groups excluding carboxylic acids is 1. The van der Waals surface area contributed by atoms with E-state index in [-0.39, 0.29) is 17.8 Å². The number of piperazine rings is 1. The summed E-state index contributed by atoms with van der Waals surface area (Å²) in [6.07, 6.45) is 0.